The van der Waals surface area contributed by atoms with Gasteiger partial charge in [0, 0.05) is 17.5 Å². The molecular formula is C27H29ClN2O4S. The lowest BCUT2D eigenvalue weighted by Gasteiger charge is -2.28. The van der Waals surface area contributed by atoms with Crippen LogP contribution in [0.5, 0.6) is 11.5 Å². The first-order valence-corrected chi connectivity index (χ1v) is 12.8. The van der Waals surface area contributed by atoms with Crippen molar-refractivity contribution in [3.05, 3.63) is 81.0 Å². The van der Waals surface area contributed by atoms with Gasteiger partial charge < -0.3 is 19.3 Å². The third kappa shape index (κ3) is 6.35. The van der Waals surface area contributed by atoms with Crippen LogP contribution in [0, 0.1) is 0 Å². The van der Waals surface area contributed by atoms with Crippen LogP contribution in [-0.4, -0.2) is 55.0 Å². The summed E-state index contributed by atoms with van der Waals surface area (Å²) in [6.45, 7) is 1.06. The van der Waals surface area contributed by atoms with E-state index in [9.17, 15) is 9.59 Å². The summed E-state index contributed by atoms with van der Waals surface area (Å²) in [5, 5.41) is 2.41. The largest absolute Gasteiger partial charge is 0.493 e. The average molecular weight is 513 g/mol. The van der Waals surface area contributed by atoms with Gasteiger partial charge in [-0.3, -0.25) is 9.59 Å². The summed E-state index contributed by atoms with van der Waals surface area (Å²) in [6, 6.07) is 16.9. The van der Waals surface area contributed by atoms with Gasteiger partial charge in [0.2, 0.25) is 5.91 Å². The summed E-state index contributed by atoms with van der Waals surface area (Å²) >= 11 is 7.90. The molecule has 1 aliphatic carbocycles. The maximum atomic E-state index is 13.5. The summed E-state index contributed by atoms with van der Waals surface area (Å²) in [4.78, 5) is 31.4. The average Bonchev–Trinajstić information content (AvgIpc) is 3.59. The van der Waals surface area contributed by atoms with E-state index >= 15 is 0 Å². The van der Waals surface area contributed by atoms with Crippen molar-refractivity contribution in [2.75, 3.05) is 27.3 Å². The third-order valence-corrected chi connectivity index (χ3v) is 7.25. The van der Waals surface area contributed by atoms with Crippen molar-refractivity contribution >= 4 is 34.8 Å². The molecule has 2 amide bonds. The number of amides is 2. The van der Waals surface area contributed by atoms with E-state index in [1.54, 1.807) is 54.7 Å². The Balaban J connectivity index is 1.50. The Morgan fingerprint density at radius 3 is 2.46 bits per heavy atom. The molecule has 1 heterocycles. The monoisotopic (exact) mass is 512 g/mol. The molecule has 3 aromatic rings. The molecule has 4 rings (SSSR count). The predicted octanol–water partition coefficient (Wildman–Crippen LogP) is 5.29. The van der Waals surface area contributed by atoms with Crippen LogP contribution in [0.3, 0.4) is 0 Å². The summed E-state index contributed by atoms with van der Waals surface area (Å²) in [6.07, 6.45) is 2.46. The Labute approximate surface area is 215 Å². The van der Waals surface area contributed by atoms with Gasteiger partial charge in [-0.15, -0.1) is 11.3 Å². The fraction of sp³-hybridized carbons (Fsp3) is 0.333. The number of carbonyl (C=O) groups is 2. The van der Waals surface area contributed by atoms with Gasteiger partial charge in [-0.2, -0.15) is 0 Å². The van der Waals surface area contributed by atoms with Gasteiger partial charge in [0.05, 0.1) is 31.4 Å². The van der Waals surface area contributed by atoms with E-state index in [1.165, 1.54) is 0 Å². The molecule has 0 radical (unpaired) electrons. The van der Waals surface area contributed by atoms with Crippen LogP contribution < -0.4 is 9.47 Å². The maximum absolute atomic E-state index is 13.5. The number of benzene rings is 2. The van der Waals surface area contributed by atoms with E-state index in [-0.39, 0.29) is 24.4 Å². The van der Waals surface area contributed by atoms with Crippen LogP contribution in [0.15, 0.2) is 60.0 Å². The van der Waals surface area contributed by atoms with E-state index in [0.717, 1.165) is 23.3 Å². The molecule has 0 atom stereocenters. The van der Waals surface area contributed by atoms with Crippen LogP contribution in [0.2, 0.25) is 5.02 Å². The van der Waals surface area contributed by atoms with Gasteiger partial charge in [-0.1, -0.05) is 35.9 Å². The number of ether oxygens (including phenoxy) is 2. The summed E-state index contributed by atoms with van der Waals surface area (Å²) in [5.41, 5.74) is 1.47. The van der Waals surface area contributed by atoms with E-state index < -0.39 is 0 Å². The van der Waals surface area contributed by atoms with Crippen molar-refractivity contribution in [3.63, 3.8) is 0 Å². The molecule has 0 saturated heterocycles. The number of halogens is 1. The zero-order valence-corrected chi connectivity index (χ0v) is 21.5. The number of rotatable bonds is 11. The normalized spacial score (nSPS) is 12.8. The molecule has 1 aliphatic rings. The second-order valence-electron chi connectivity index (χ2n) is 8.48. The van der Waals surface area contributed by atoms with Crippen LogP contribution >= 0.6 is 22.9 Å². The van der Waals surface area contributed by atoms with Gasteiger partial charge >= 0.3 is 0 Å². The first-order valence-electron chi connectivity index (χ1n) is 11.6. The lowest BCUT2D eigenvalue weighted by molar-refractivity contribution is -0.132. The molecule has 1 saturated carbocycles. The van der Waals surface area contributed by atoms with Crippen LogP contribution in [0.25, 0.3) is 0 Å². The highest BCUT2D eigenvalue weighted by molar-refractivity contribution is 7.09. The zero-order chi connectivity index (χ0) is 24.8. The molecule has 0 unspecified atom stereocenters. The molecule has 184 valence electrons. The Kier molecular flexibility index (Phi) is 8.31. The quantitative estimate of drug-likeness (QED) is 0.350. The molecule has 0 spiro atoms. The Morgan fingerprint density at radius 1 is 1.03 bits per heavy atom. The van der Waals surface area contributed by atoms with Crippen molar-refractivity contribution in [1.29, 1.82) is 0 Å². The first kappa shape index (κ1) is 25.1. The van der Waals surface area contributed by atoms with E-state index in [0.29, 0.717) is 41.6 Å². The van der Waals surface area contributed by atoms with Crippen LogP contribution in [0.1, 0.15) is 33.6 Å². The number of hydrogen-bond donors (Lipinski definition) is 0. The SMILES string of the molecule is COc1ccc(CCN(Cc2cccs2)C(=O)CN(C(=O)c2ccccc2Cl)C2CC2)cc1OC. The smallest absolute Gasteiger partial charge is 0.256 e. The van der Waals surface area contributed by atoms with Crippen molar-refractivity contribution in [2.24, 2.45) is 0 Å². The van der Waals surface area contributed by atoms with Gasteiger partial charge in [0.1, 0.15) is 6.54 Å². The van der Waals surface area contributed by atoms with Crippen LogP contribution in [0.4, 0.5) is 0 Å². The lowest BCUT2D eigenvalue weighted by Crippen LogP contribution is -2.44. The highest BCUT2D eigenvalue weighted by Gasteiger charge is 2.35. The molecule has 6 nitrogen and oxygen atoms in total. The maximum Gasteiger partial charge on any atom is 0.256 e. The number of carbonyl (C=O) groups excluding carboxylic acids is 2. The number of nitrogens with zero attached hydrogens (tertiary/aromatic N) is 2. The fourth-order valence-electron chi connectivity index (χ4n) is 3.97. The molecule has 0 aliphatic heterocycles. The first-order chi connectivity index (χ1) is 17.0. The topological polar surface area (TPSA) is 59.1 Å². The Morgan fingerprint density at radius 2 is 1.80 bits per heavy atom. The minimum atomic E-state index is -0.192. The minimum Gasteiger partial charge on any atom is -0.493 e. The number of methoxy groups -OCH3 is 2. The van der Waals surface area contributed by atoms with Gasteiger partial charge in [0.25, 0.3) is 5.91 Å². The van der Waals surface area contributed by atoms with Crippen molar-refractivity contribution in [1.82, 2.24) is 9.80 Å². The van der Waals surface area contributed by atoms with E-state index in [4.69, 9.17) is 21.1 Å². The molecule has 0 bridgehead atoms. The van der Waals surface area contributed by atoms with Crippen molar-refractivity contribution < 1.29 is 19.1 Å². The van der Waals surface area contributed by atoms with Crippen molar-refractivity contribution in [2.45, 2.75) is 31.8 Å². The van der Waals surface area contributed by atoms with Gasteiger partial charge in [-0.25, -0.2) is 0 Å². The standard InChI is InChI=1S/C27H29ClN2O4S/c1-33-24-12-9-19(16-25(24)34-2)13-14-29(17-21-6-5-15-35-21)26(31)18-30(20-10-11-20)27(32)22-7-3-4-8-23(22)28/h3-9,12,15-16,20H,10-11,13-14,17-18H2,1-2H3. The molecule has 35 heavy (non-hydrogen) atoms. The second kappa shape index (κ2) is 11.6. The molecule has 8 heteroatoms. The van der Waals surface area contributed by atoms with Crippen LogP contribution in [-0.2, 0) is 17.8 Å². The molecule has 0 N–H and O–H groups in total. The number of thiophene rings is 1. The summed E-state index contributed by atoms with van der Waals surface area (Å²) in [7, 11) is 3.21. The highest BCUT2D eigenvalue weighted by Crippen LogP contribution is 2.30. The summed E-state index contributed by atoms with van der Waals surface area (Å²) < 4.78 is 10.8. The Hall–Kier alpha value is -3.03. The highest BCUT2D eigenvalue weighted by atomic mass is 35.5. The number of hydrogen-bond acceptors (Lipinski definition) is 5. The van der Waals surface area contributed by atoms with E-state index in [1.807, 2.05) is 40.6 Å². The zero-order valence-electron chi connectivity index (χ0n) is 19.9. The fourth-order valence-corrected chi connectivity index (χ4v) is 4.91. The van der Waals surface area contributed by atoms with Crippen molar-refractivity contribution in [3.8, 4) is 11.5 Å². The molecule has 1 aromatic heterocycles. The third-order valence-electron chi connectivity index (χ3n) is 6.06. The summed E-state index contributed by atoms with van der Waals surface area (Å²) in [5.74, 6) is 1.06. The molecular weight excluding hydrogens is 484 g/mol. The lowest BCUT2D eigenvalue weighted by atomic mass is 10.1. The van der Waals surface area contributed by atoms with Gasteiger partial charge in [-0.05, 0) is 60.5 Å². The minimum absolute atomic E-state index is 0.0338. The second-order valence-corrected chi connectivity index (χ2v) is 9.92. The van der Waals surface area contributed by atoms with Gasteiger partial charge in [0.15, 0.2) is 11.5 Å². The van der Waals surface area contributed by atoms with E-state index in [2.05, 4.69) is 0 Å². The predicted molar refractivity (Wildman–Crippen MR) is 138 cm³/mol. The Bertz CT molecular complexity index is 1160. The molecule has 2 aromatic carbocycles. The molecule has 1 fully saturated rings.